The molecule has 0 atom stereocenters. The molecule has 2 rings (SSSR count). The number of nitrogens with zero attached hydrogens (tertiary/aromatic N) is 1. The minimum atomic E-state index is 0.372. The van der Waals surface area contributed by atoms with Crippen molar-refractivity contribution < 1.29 is 9.47 Å². The first-order valence-electron chi connectivity index (χ1n) is 6.40. The maximum absolute atomic E-state index is 6.20. The molecule has 0 amide bonds. The van der Waals surface area contributed by atoms with E-state index >= 15 is 0 Å². The van der Waals surface area contributed by atoms with Crippen molar-refractivity contribution in [3.63, 3.8) is 0 Å². The van der Waals surface area contributed by atoms with Gasteiger partial charge in [-0.2, -0.15) is 0 Å². The maximum Gasteiger partial charge on any atom is 0.238 e. The van der Waals surface area contributed by atoms with Crippen LogP contribution in [0.3, 0.4) is 0 Å². The van der Waals surface area contributed by atoms with E-state index in [2.05, 4.69) is 10.3 Å². The van der Waals surface area contributed by atoms with Crippen LogP contribution >= 0.6 is 11.6 Å². The van der Waals surface area contributed by atoms with E-state index in [1.807, 2.05) is 37.3 Å². The van der Waals surface area contributed by atoms with Gasteiger partial charge in [0.25, 0.3) is 0 Å². The van der Waals surface area contributed by atoms with E-state index in [1.54, 1.807) is 13.3 Å². The van der Waals surface area contributed by atoms with Gasteiger partial charge in [-0.1, -0.05) is 30.7 Å². The van der Waals surface area contributed by atoms with Gasteiger partial charge in [-0.15, -0.1) is 0 Å². The number of benzene rings is 1. The molecule has 1 aromatic carbocycles. The zero-order valence-electron chi connectivity index (χ0n) is 11.5. The molecule has 0 aliphatic carbocycles. The predicted octanol–water partition coefficient (Wildman–Crippen LogP) is 3.65. The molecule has 0 fully saturated rings. The fraction of sp³-hybridized carbons (Fsp3) is 0.267. The number of hydrogen-bond acceptors (Lipinski definition) is 4. The van der Waals surface area contributed by atoms with Crippen molar-refractivity contribution in [1.82, 2.24) is 10.3 Å². The Morgan fingerprint density at radius 2 is 2.00 bits per heavy atom. The Balaban J connectivity index is 2.17. The highest BCUT2D eigenvalue weighted by molar-refractivity contribution is 6.31. The molecular formula is C15H17ClN2O2. The molecule has 1 N–H and O–H groups in total. The summed E-state index contributed by atoms with van der Waals surface area (Å²) in [5.74, 6) is 1.60. The SMILES string of the molecule is CCNCc1cnc(Oc2ccccc2OC)c(Cl)c1. The fourth-order valence-corrected chi connectivity index (χ4v) is 1.94. The van der Waals surface area contributed by atoms with Gasteiger partial charge in [0.15, 0.2) is 11.5 Å². The van der Waals surface area contributed by atoms with Crippen molar-refractivity contribution in [1.29, 1.82) is 0 Å². The lowest BCUT2D eigenvalue weighted by molar-refractivity contribution is 0.374. The number of methoxy groups -OCH3 is 1. The molecule has 0 saturated carbocycles. The van der Waals surface area contributed by atoms with E-state index < -0.39 is 0 Å². The molecule has 5 heteroatoms. The van der Waals surface area contributed by atoms with Crippen LogP contribution in [0, 0.1) is 0 Å². The van der Waals surface area contributed by atoms with Gasteiger partial charge >= 0.3 is 0 Å². The number of rotatable bonds is 6. The highest BCUT2D eigenvalue weighted by Gasteiger charge is 2.09. The summed E-state index contributed by atoms with van der Waals surface area (Å²) in [6.07, 6.45) is 1.75. The smallest absolute Gasteiger partial charge is 0.238 e. The van der Waals surface area contributed by atoms with Crippen LogP contribution in [0.5, 0.6) is 17.4 Å². The number of para-hydroxylation sites is 2. The normalized spacial score (nSPS) is 10.3. The summed E-state index contributed by atoms with van der Waals surface area (Å²) in [5.41, 5.74) is 1.02. The predicted molar refractivity (Wildman–Crippen MR) is 79.7 cm³/mol. The number of hydrogen-bond donors (Lipinski definition) is 1. The Hall–Kier alpha value is -1.78. The summed E-state index contributed by atoms with van der Waals surface area (Å²) in [6.45, 7) is 3.68. The first-order chi connectivity index (χ1) is 9.74. The fourth-order valence-electron chi connectivity index (χ4n) is 1.71. The zero-order chi connectivity index (χ0) is 14.4. The third-order valence-corrected chi connectivity index (χ3v) is 2.99. The van der Waals surface area contributed by atoms with Crippen molar-refractivity contribution in [3.05, 3.63) is 47.1 Å². The van der Waals surface area contributed by atoms with Crippen molar-refractivity contribution in [2.24, 2.45) is 0 Å². The van der Waals surface area contributed by atoms with Gasteiger partial charge in [-0.05, 0) is 30.3 Å². The van der Waals surface area contributed by atoms with E-state index in [9.17, 15) is 0 Å². The van der Waals surface area contributed by atoms with Gasteiger partial charge in [-0.3, -0.25) is 0 Å². The van der Waals surface area contributed by atoms with Gasteiger partial charge in [0.1, 0.15) is 5.02 Å². The standard InChI is InChI=1S/C15H17ClN2O2/c1-3-17-9-11-8-12(16)15(18-10-11)20-14-7-5-4-6-13(14)19-2/h4-8,10,17H,3,9H2,1-2H3. The van der Waals surface area contributed by atoms with Crippen LogP contribution in [-0.2, 0) is 6.54 Å². The van der Waals surface area contributed by atoms with Crippen LogP contribution in [-0.4, -0.2) is 18.6 Å². The summed E-state index contributed by atoms with van der Waals surface area (Å²) in [4.78, 5) is 4.25. The monoisotopic (exact) mass is 292 g/mol. The topological polar surface area (TPSA) is 43.4 Å². The zero-order valence-corrected chi connectivity index (χ0v) is 12.3. The largest absolute Gasteiger partial charge is 0.493 e. The maximum atomic E-state index is 6.20. The molecule has 20 heavy (non-hydrogen) atoms. The molecule has 1 heterocycles. The highest BCUT2D eigenvalue weighted by Crippen LogP contribution is 2.33. The molecule has 106 valence electrons. The molecule has 1 aromatic heterocycles. The second-order valence-electron chi connectivity index (χ2n) is 4.16. The second-order valence-corrected chi connectivity index (χ2v) is 4.57. The van der Waals surface area contributed by atoms with E-state index in [-0.39, 0.29) is 0 Å². The number of halogens is 1. The van der Waals surface area contributed by atoms with Crippen molar-refractivity contribution in [3.8, 4) is 17.4 Å². The first kappa shape index (κ1) is 14.6. The third-order valence-electron chi connectivity index (χ3n) is 2.72. The quantitative estimate of drug-likeness (QED) is 0.882. The molecule has 0 aliphatic rings. The van der Waals surface area contributed by atoms with Crippen LogP contribution in [0.4, 0.5) is 0 Å². The van der Waals surface area contributed by atoms with Gasteiger partial charge in [-0.25, -0.2) is 4.98 Å². The summed E-state index contributed by atoms with van der Waals surface area (Å²) in [5, 5.41) is 3.70. The molecule has 4 nitrogen and oxygen atoms in total. The van der Waals surface area contributed by atoms with Gasteiger partial charge in [0, 0.05) is 12.7 Å². The molecule has 0 radical (unpaired) electrons. The van der Waals surface area contributed by atoms with E-state index in [4.69, 9.17) is 21.1 Å². The molecular weight excluding hydrogens is 276 g/mol. The van der Waals surface area contributed by atoms with Gasteiger partial charge in [0.2, 0.25) is 5.88 Å². The summed E-state index contributed by atoms with van der Waals surface area (Å²) in [6, 6.07) is 9.22. The van der Waals surface area contributed by atoms with E-state index in [0.717, 1.165) is 18.7 Å². The molecule has 0 aliphatic heterocycles. The number of ether oxygens (including phenoxy) is 2. The molecule has 2 aromatic rings. The third kappa shape index (κ3) is 3.62. The lowest BCUT2D eigenvalue weighted by Crippen LogP contribution is -2.11. The van der Waals surface area contributed by atoms with Gasteiger partial charge in [0.05, 0.1) is 7.11 Å². The lowest BCUT2D eigenvalue weighted by atomic mass is 10.3. The first-order valence-corrected chi connectivity index (χ1v) is 6.78. The molecule has 0 bridgehead atoms. The average Bonchev–Trinajstić information content (AvgIpc) is 2.48. The van der Waals surface area contributed by atoms with Crippen molar-refractivity contribution in [2.75, 3.05) is 13.7 Å². The van der Waals surface area contributed by atoms with Crippen LogP contribution in [0.15, 0.2) is 36.5 Å². The van der Waals surface area contributed by atoms with Crippen LogP contribution in [0.25, 0.3) is 0 Å². The van der Waals surface area contributed by atoms with Crippen molar-refractivity contribution >= 4 is 11.6 Å². The summed E-state index contributed by atoms with van der Waals surface area (Å²) < 4.78 is 10.9. The van der Waals surface area contributed by atoms with Crippen LogP contribution in [0.1, 0.15) is 12.5 Å². The Kier molecular flexibility index (Phi) is 5.21. The second kappa shape index (κ2) is 7.12. The molecule has 0 unspecified atom stereocenters. The number of aromatic nitrogens is 1. The summed E-state index contributed by atoms with van der Waals surface area (Å²) in [7, 11) is 1.59. The van der Waals surface area contributed by atoms with E-state index in [1.165, 1.54) is 0 Å². The Morgan fingerprint density at radius 1 is 1.25 bits per heavy atom. The van der Waals surface area contributed by atoms with E-state index in [0.29, 0.717) is 22.4 Å². The number of nitrogens with one attached hydrogen (secondary N) is 1. The lowest BCUT2D eigenvalue weighted by Gasteiger charge is -2.11. The molecule has 0 saturated heterocycles. The van der Waals surface area contributed by atoms with Gasteiger partial charge < -0.3 is 14.8 Å². The Bertz CT molecular complexity index is 576. The Labute approximate surface area is 123 Å². The minimum absolute atomic E-state index is 0.372. The average molecular weight is 293 g/mol. The minimum Gasteiger partial charge on any atom is -0.493 e. The number of pyridine rings is 1. The van der Waals surface area contributed by atoms with Crippen LogP contribution in [0.2, 0.25) is 5.02 Å². The van der Waals surface area contributed by atoms with Crippen LogP contribution < -0.4 is 14.8 Å². The Morgan fingerprint density at radius 3 is 2.65 bits per heavy atom. The van der Waals surface area contributed by atoms with Crippen molar-refractivity contribution in [2.45, 2.75) is 13.5 Å². The molecule has 0 spiro atoms. The highest BCUT2D eigenvalue weighted by atomic mass is 35.5. The summed E-state index contributed by atoms with van der Waals surface area (Å²) >= 11 is 6.20.